The molecule has 0 saturated heterocycles. The topological polar surface area (TPSA) is 294 Å². The van der Waals surface area contributed by atoms with Gasteiger partial charge in [0.25, 0.3) is 0 Å². The number of carboxylic acid groups (broad SMARTS) is 2. The van der Waals surface area contributed by atoms with Crippen LogP contribution in [0.15, 0.2) is 6.20 Å². The van der Waals surface area contributed by atoms with Crippen LogP contribution in [0.25, 0.3) is 0 Å². The van der Waals surface area contributed by atoms with Gasteiger partial charge in [0.05, 0.1) is 12.1 Å². The van der Waals surface area contributed by atoms with Gasteiger partial charge in [-0.05, 0) is 19.3 Å². The lowest BCUT2D eigenvalue weighted by Gasteiger charge is -2.27. The Morgan fingerprint density at radius 3 is 1.86 bits per heavy atom. The highest BCUT2D eigenvalue weighted by molar-refractivity contribution is 5.97. The van der Waals surface area contributed by atoms with Crippen molar-refractivity contribution in [3.8, 4) is 0 Å². The molecule has 9 N–H and O–H groups in total. The van der Waals surface area contributed by atoms with Crippen LogP contribution in [0, 0.1) is 5.92 Å². The number of rotatable bonds is 18. The number of nitrogens with two attached hydrogens (primary N) is 1. The Balaban J connectivity index is 3.11. The molecule has 1 aromatic rings. The third-order valence-corrected chi connectivity index (χ3v) is 6.07. The predicted octanol–water partition coefficient (Wildman–Crippen LogP) is -3.70. The standard InChI is InChI=1S/C25H39N9O10/c1-11(2)20(31-23(42)15(6-7-18(36)37)28-22(41)12(3)27-13(4)35)25(44)30-17(9-19(38)39)24(43)29-16(21(26)40)8-14-10-34(5)33-32-14/h10-12,15-17,20H,6-9H2,1-5H3,(H2,26,40)(H,27,35)(H,28,41)(H,29,43)(H,30,44)(H,31,42)(H,36,37)(H,38,39)/t12-,15-,16-,17-,20?/m1/s1. The van der Waals surface area contributed by atoms with E-state index >= 15 is 0 Å². The van der Waals surface area contributed by atoms with Crippen LogP contribution in [-0.4, -0.2) is 103 Å². The van der Waals surface area contributed by atoms with Gasteiger partial charge in [-0.15, -0.1) is 5.10 Å². The molecule has 6 amide bonds. The molecule has 0 radical (unpaired) electrons. The van der Waals surface area contributed by atoms with Gasteiger partial charge in [0.2, 0.25) is 35.4 Å². The van der Waals surface area contributed by atoms with Crippen molar-refractivity contribution >= 4 is 47.4 Å². The zero-order valence-electron chi connectivity index (χ0n) is 24.9. The fraction of sp³-hybridized carbons (Fsp3) is 0.600. The zero-order chi connectivity index (χ0) is 33.7. The first-order valence-corrected chi connectivity index (χ1v) is 13.5. The molecule has 0 aromatic carbocycles. The largest absolute Gasteiger partial charge is 0.481 e. The number of aromatic nitrogens is 3. The molecule has 0 aliphatic rings. The molecule has 244 valence electrons. The number of aliphatic carboxylic acids is 2. The highest BCUT2D eigenvalue weighted by Gasteiger charge is 2.34. The number of primary amides is 1. The molecular formula is C25H39N9O10. The Morgan fingerprint density at radius 2 is 1.39 bits per heavy atom. The minimum absolute atomic E-state index is 0.169. The Morgan fingerprint density at radius 1 is 0.818 bits per heavy atom. The maximum atomic E-state index is 13.2. The van der Waals surface area contributed by atoms with Gasteiger partial charge in [-0.2, -0.15) is 0 Å². The van der Waals surface area contributed by atoms with Crippen LogP contribution >= 0.6 is 0 Å². The number of carbonyl (C=O) groups is 8. The van der Waals surface area contributed by atoms with E-state index in [1.54, 1.807) is 7.05 Å². The number of nitrogens with zero attached hydrogens (tertiary/aromatic N) is 3. The van der Waals surface area contributed by atoms with Gasteiger partial charge in [-0.1, -0.05) is 19.1 Å². The summed E-state index contributed by atoms with van der Waals surface area (Å²) >= 11 is 0. The number of carboxylic acids is 2. The average molecular weight is 626 g/mol. The summed E-state index contributed by atoms with van der Waals surface area (Å²) in [6.07, 6.45) is -0.484. The van der Waals surface area contributed by atoms with E-state index in [0.29, 0.717) is 5.69 Å². The Kier molecular flexibility index (Phi) is 14.4. The second kappa shape index (κ2) is 17.1. The predicted molar refractivity (Wildman–Crippen MR) is 149 cm³/mol. The molecule has 1 rings (SSSR count). The first kappa shape index (κ1) is 36.9. The van der Waals surface area contributed by atoms with Gasteiger partial charge in [0.15, 0.2) is 0 Å². The van der Waals surface area contributed by atoms with Crippen molar-refractivity contribution < 1.29 is 48.6 Å². The molecule has 19 nitrogen and oxygen atoms in total. The first-order valence-electron chi connectivity index (χ1n) is 13.5. The van der Waals surface area contributed by atoms with E-state index in [1.165, 1.54) is 38.6 Å². The van der Waals surface area contributed by atoms with Gasteiger partial charge < -0.3 is 42.5 Å². The summed E-state index contributed by atoms with van der Waals surface area (Å²) in [5, 5.41) is 37.6. The van der Waals surface area contributed by atoms with E-state index in [1.807, 2.05) is 0 Å². The second-order valence-electron chi connectivity index (χ2n) is 10.4. The summed E-state index contributed by atoms with van der Waals surface area (Å²) in [6.45, 7) is 5.58. The van der Waals surface area contributed by atoms with Crippen molar-refractivity contribution in [3.63, 3.8) is 0 Å². The summed E-state index contributed by atoms with van der Waals surface area (Å²) in [5.74, 6) is -8.62. The quantitative estimate of drug-likeness (QED) is 0.0782. The summed E-state index contributed by atoms with van der Waals surface area (Å²) in [7, 11) is 1.57. The molecule has 0 fully saturated rings. The number of nitrogens with one attached hydrogen (secondary N) is 5. The molecule has 19 heteroatoms. The number of amides is 6. The Labute approximate surface area is 252 Å². The fourth-order valence-corrected chi connectivity index (χ4v) is 3.83. The molecule has 44 heavy (non-hydrogen) atoms. The van der Waals surface area contributed by atoms with E-state index in [-0.39, 0.29) is 12.8 Å². The van der Waals surface area contributed by atoms with Crippen LogP contribution in [0.3, 0.4) is 0 Å². The molecule has 1 unspecified atom stereocenters. The fourth-order valence-electron chi connectivity index (χ4n) is 3.83. The Bertz CT molecular complexity index is 1250. The van der Waals surface area contributed by atoms with E-state index in [9.17, 15) is 43.5 Å². The zero-order valence-corrected chi connectivity index (χ0v) is 24.9. The summed E-state index contributed by atoms with van der Waals surface area (Å²) in [4.78, 5) is 97.7. The van der Waals surface area contributed by atoms with Crippen molar-refractivity contribution in [3.05, 3.63) is 11.9 Å². The van der Waals surface area contributed by atoms with E-state index in [4.69, 9.17) is 10.8 Å². The number of aryl methyl sites for hydroxylation is 1. The first-order chi connectivity index (χ1) is 20.4. The van der Waals surface area contributed by atoms with Gasteiger partial charge in [-0.3, -0.25) is 43.0 Å². The third-order valence-electron chi connectivity index (χ3n) is 6.07. The van der Waals surface area contributed by atoms with E-state index in [2.05, 4.69) is 36.9 Å². The number of carbonyl (C=O) groups excluding carboxylic acids is 6. The number of hydrogen-bond acceptors (Lipinski definition) is 10. The van der Waals surface area contributed by atoms with Crippen molar-refractivity contribution in [1.29, 1.82) is 0 Å². The molecule has 5 atom stereocenters. The summed E-state index contributed by atoms with van der Waals surface area (Å²) in [6, 6.07) is -6.91. The van der Waals surface area contributed by atoms with Crippen LogP contribution < -0.4 is 32.3 Å². The molecule has 0 aliphatic carbocycles. The van der Waals surface area contributed by atoms with Crippen LogP contribution in [0.5, 0.6) is 0 Å². The maximum absolute atomic E-state index is 13.2. The molecule has 0 saturated carbocycles. The SMILES string of the molecule is CC(=O)N[C@H](C)C(=O)N[C@H](CCC(=O)O)C(=O)NC(C(=O)N[C@H](CC(=O)O)C(=O)N[C@H](Cc1cn(C)nn1)C(N)=O)C(C)C. The lowest BCUT2D eigenvalue weighted by Crippen LogP contribution is -2.60. The highest BCUT2D eigenvalue weighted by Crippen LogP contribution is 2.08. The van der Waals surface area contributed by atoms with Crippen molar-refractivity contribution in [2.75, 3.05) is 0 Å². The molecule has 0 bridgehead atoms. The molecule has 1 aromatic heterocycles. The second-order valence-corrected chi connectivity index (χ2v) is 10.4. The van der Waals surface area contributed by atoms with Crippen molar-refractivity contribution in [2.24, 2.45) is 18.7 Å². The molecule has 1 heterocycles. The van der Waals surface area contributed by atoms with Crippen LogP contribution in [0.2, 0.25) is 0 Å². The Hall–Kier alpha value is -5.10. The van der Waals surface area contributed by atoms with Gasteiger partial charge in [-0.25, -0.2) is 0 Å². The van der Waals surface area contributed by atoms with Gasteiger partial charge >= 0.3 is 11.9 Å². The van der Waals surface area contributed by atoms with E-state index in [0.717, 1.165) is 0 Å². The van der Waals surface area contributed by atoms with Crippen LogP contribution in [0.4, 0.5) is 0 Å². The minimum atomic E-state index is -1.71. The van der Waals surface area contributed by atoms with Crippen molar-refractivity contribution in [2.45, 2.75) is 83.6 Å². The smallest absolute Gasteiger partial charge is 0.305 e. The van der Waals surface area contributed by atoms with E-state index < -0.39 is 96.4 Å². The maximum Gasteiger partial charge on any atom is 0.305 e. The van der Waals surface area contributed by atoms with Crippen LogP contribution in [-0.2, 0) is 51.8 Å². The lowest BCUT2D eigenvalue weighted by molar-refractivity contribution is -0.142. The average Bonchev–Trinajstić information content (AvgIpc) is 3.31. The van der Waals surface area contributed by atoms with Crippen LogP contribution in [0.1, 0.15) is 52.7 Å². The number of hydrogen-bond donors (Lipinski definition) is 8. The third kappa shape index (κ3) is 12.8. The monoisotopic (exact) mass is 625 g/mol. The highest BCUT2D eigenvalue weighted by atomic mass is 16.4. The molecular weight excluding hydrogens is 586 g/mol. The summed E-state index contributed by atoms with van der Waals surface area (Å²) < 4.78 is 1.35. The van der Waals surface area contributed by atoms with Crippen molar-refractivity contribution in [1.82, 2.24) is 41.6 Å². The molecule has 0 aliphatic heterocycles. The minimum Gasteiger partial charge on any atom is -0.481 e. The summed E-state index contributed by atoms with van der Waals surface area (Å²) in [5.41, 5.74) is 5.69. The normalized spacial score (nSPS) is 14.2. The van der Waals surface area contributed by atoms with Gasteiger partial charge in [0, 0.05) is 33.0 Å². The van der Waals surface area contributed by atoms with Gasteiger partial charge in [0.1, 0.15) is 30.2 Å². The molecule has 0 spiro atoms. The lowest BCUT2D eigenvalue weighted by atomic mass is 10.0.